The maximum absolute atomic E-state index is 5.74. The lowest BCUT2D eigenvalue weighted by Crippen LogP contribution is -1.96. The Kier molecular flexibility index (Phi) is 3.47. The van der Waals surface area contributed by atoms with E-state index in [1.165, 1.54) is 11.1 Å². The predicted octanol–water partition coefficient (Wildman–Crippen LogP) is 2.91. The second kappa shape index (κ2) is 5.04. The first-order chi connectivity index (χ1) is 8.20. The van der Waals surface area contributed by atoms with Crippen molar-refractivity contribution < 1.29 is 4.52 Å². The Labute approximate surface area is 102 Å². The van der Waals surface area contributed by atoms with E-state index in [1.54, 1.807) is 0 Å². The lowest BCUT2D eigenvalue weighted by atomic mass is 10.0. The number of hydrogen-bond donors (Lipinski definition) is 1. The van der Waals surface area contributed by atoms with Crippen LogP contribution in [0.1, 0.15) is 29.4 Å². The van der Waals surface area contributed by atoms with Crippen molar-refractivity contribution in [2.75, 3.05) is 5.73 Å². The van der Waals surface area contributed by atoms with Gasteiger partial charge in [-0.25, -0.2) is 0 Å². The number of nitrogens with zero attached hydrogens (tertiary/aromatic N) is 1. The van der Waals surface area contributed by atoms with Gasteiger partial charge in [0.1, 0.15) is 5.76 Å². The average molecular weight is 230 g/mol. The van der Waals surface area contributed by atoms with E-state index in [9.17, 15) is 0 Å². The zero-order valence-electron chi connectivity index (χ0n) is 10.4. The quantitative estimate of drug-likeness (QED) is 0.878. The van der Waals surface area contributed by atoms with Crippen molar-refractivity contribution in [3.63, 3.8) is 0 Å². The first-order valence-corrected chi connectivity index (χ1v) is 5.99. The fraction of sp³-hybridized carbons (Fsp3) is 0.357. The summed E-state index contributed by atoms with van der Waals surface area (Å²) >= 11 is 0. The van der Waals surface area contributed by atoms with E-state index in [2.05, 4.69) is 43.3 Å². The Balaban J connectivity index is 2.07. The summed E-state index contributed by atoms with van der Waals surface area (Å²) in [5.74, 6) is 1.46. The minimum Gasteiger partial charge on any atom is -0.381 e. The summed E-state index contributed by atoms with van der Waals surface area (Å²) in [5.41, 5.74) is 9.40. The third kappa shape index (κ3) is 2.67. The Hall–Kier alpha value is -1.77. The fourth-order valence-electron chi connectivity index (χ4n) is 2.06. The first kappa shape index (κ1) is 11.7. The van der Waals surface area contributed by atoms with Crippen LogP contribution < -0.4 is 5.73 Å². The van der Waals surface area contributed by atoms with E-state index >= 15 is 0 Å². The fourth-order valence-corrected chi connectivity index (χ4v) is 2.06. The molecule has 0 unspecified atom stereocenters. The monoisotopic (exact) mass is 230 g/mol. The van der Waals surface area contributed by atoms with Crippen molar-refractivity contribution >= 4 is 5.82 Å². The lowest BCUT2D eigenvalue weighted by Gasteiger charge is -2.02. The molecule has 0 spiro atoms. The molecule has 0 aliphatic rings. The molecule has 0 amide bonds. The third-order valence-electron chi connectivity index (χ3n) is 2.98. The van der Waals surface area contributed by atoms with Crippen molar-refractivity contribution in [2.45, 2.75) is 33.1 Å². The smallest absolute Gasteiger partial charge is 0.170 e. The van der Waals surface area contributed by atoms with Crippen molar-refractivity contribution in [1.29, 1.82) is 0 Å². The molecule has 0 fully saturated rings. The van der Waals surface area contributed by atoms with Gasteiger partial charge in [-0.2, -0.15) is 0 Å². The molecule has 90 valence electrons. The summed E-state index contributed by atoms with van der Waals surface area (Å²) in [6.45, 7) is 4.17. The van der Waals surface area contributed by atoms with Crippen LogP contribution in [-0.2, 0) is 19.3 Å². The van der Waals surface area contributed by atoms with E-state index < -0.39 is 0 Å². The van der Waals surface area contributed by atoms with Gasteiger partial charge in [0.2, 0.25) is 0 Å². The van der Waals surface area contributed by atoms with Crippen molar-refractivity contribution in [3.8, 4) is 0 Å². The second-order valence-corrected chi connectivity index (χ2v) is 4.31. The van der Waals surface area contributed by atoms with Gasteiger partial charge in [-0.1, -0.05) is 41.9 Å². The highest BCUT2D eigenvalue weighted by Crippen LogP contribution is 2.19. The molecule has 3 heteroatoms. The lowest BCUT2D eigenvalue weighted by molar-refractivity contribution is 0.384. The molecular weight excluding hydrogens is 212 g/mol. The molecule has 2 N–H and O–H groups in total. The van der Waals surface area contributed by atoms with Crippen LogP contribution >= 0.6 is 0 Å². The molecule has 0 radical (unpaired) electrons. The summed E-state index contributed by atoms with van der Waals surface area (Å²) in [5, 5.41) is 3.82. The number of hydrogen-bond acceptors (Lipinski definition) is 3. The maximum Gasteiger partial charge on any atom is 0.170 e. The van der Waals surface area contributed by atoms with Crippen LogP contribution in [0.25, 0.3) is 0 Å². The normalized spacial score (nSPS) is 10.7. The van der Waals surface area contributed by atoms with Crippen molar-refractivity contribution in [2.24, 2.45) is 0 Å². The molecule has 0 bridgehead atoms. The number of aryl methyl sites for hydroxylation is 3. The van der Waals surface area contributed by atoms with Gasteiger partial charge in [-0.15, -0.1) is 0 Å². The molecule has 1 aromatic carbocycles. The molecule has 2 aromatic rings. The highest BCUT2D eigenvalue weighted by atomic mass is 16.5. The number of rotatable bonds is 4. The Bertz CT molecular complexity index is 503. The standard InChI is InChI=1S/C14H18N2O/c1-3-12-13(17-16-14(12)15)8-7-11-6-4-5-10(2)9-11/h4-6,9H,3,7-8H2,1-2H3,(H2,15,16). The molecule has 1 aromatic heterocycles. The maximum atomic E-state index is 5.74. The minimum absolute atomic E-state index is 0.534. The average Bonchev–Trinajstić information content (AvgIpc) is 2.67. The molecule has 0 atom stereocenters. The van der Waals surface area contributed by atoms with Gasteiger partial charge in [0.15, 0.2) is 5.82 Å². The molecule has 0 saturated heterocycles. The third-order valence-corrected chi connectivity index (χ3v) is 2.98. The van der Waals surface area contributed by atoms with Gasteiger partial charge in [0, 0.05) is 12.0 Å². The largest absolute Gasteiger partial charge is 0.381 e. The Morgan fingerprint density at radius 1 is 1.29 bits per heavy atom. The topological polar surface area (TPSA) is 52.0 Å². The zero-order valence-corrected chi connectivity index (χ0v) is 10.4. The van der Waals surface area contributed by atoms with Crippen molar-refractivity contribution in [3.05, 3.63) is 46.7 Å². The van der Waals surface area contributed by atoms with Gasteiger partial charge in [0.25, 0.3) is 0 Å². The van der Waals surface area contributed by atoms with Crippen molar-refractivity contribution in [1.82, 2.24) is 5.16 Å². The van der Waals surface area contributed by atoms with Crippen LogP contribution in [0, 0.1) is 6.92 Å². The number of anilines is 1. The number of nitrogens with two attached hydrogens (primary N) is 1. The highest BCUT2D eigenvalue weighted by Gasteiger charge is 2.11. The van der Waals surface area contributed by atoms with E-state index in [4.69, 9.17) is 10.3 Å². The number of benzene rings is 1. The van der Waals surface area contributed by atoms with Gasteiger partial charge < -0.3 is 10.3 Å². The Morgan fingerprint density at radius 3 is 2.82 bits per heavy atom. The highest BCUT2D eigenvalue weighted by molar-refractivity contribution is 5.40. The van der Waals surface area contributed by atoms with Gasteiger partial charge in [0.05, 0.1) is 0 Å². The summed E-state index contributed by atoms with van der Waals surface area (Å²) in [6, 6.07) is 8.53. The van der Waals surface area contributed by atoms with E-state index in [0.717, 1.165) is 30.6 Å². The molecule has 0 aliphatic carbocycles. The summed E-state index contributed by atoms with van der Waals surface area (Å²) < 4.78 is 5.26. The van der Waals surface area contributed by atoms with E-state index in [-0.39, 0.29) is 0 Å². The molecule has 0 aliphatic heterocycles. The van der Waals surface area contributed by atoms with Crippen LogP contribution in [0.2, 0.25) is 0 Å². The molecular formula is C14H18N2O. The molecule has 3 nitrogen and oxygen atoms in total. The van der Waals surface area contributed by atoms with Gasteiger partial charge in [-0.05, 0) is 25.3 Å². The summed E-state index contributed by atoms with van der Waals surface area (Å²) in [7, 11) is 0. The van der Waals surface area contributed by atoms with Crippen LogP contribution in [0.3, 0.4) is 0 Å². The van der Waals surface area contributed by atoms with Crippen LogP contribution in [0.4, 0.5) is 5.82 Å². The van der Waals surface area contributed by atoms with Crippen LogP contribution in [0.15, 0.2) is 28.8 Å². The minimum atomic E-state index is 0.534. The van der Waals surface area contributed by atoms with Crippen LogP contribution in [0.5, 0.6) is 0 Å². The molecule has 0 saturated carbocycles. The van der Waals surface area contributed by atoms with Crippen LogP contribution in [-0.4, -0.2) is 5.16 Å². The SMILES string of the molecule is CCc1c(N)noc1CCc1cccc(C)c1. The zero-order chi connectivity index (χ0) is 12.3. The number of nitrogen functional groups attached to an aromatic ring is 1. The van der Waals surface area contributed by atoms with E-state index in [1.807, 2.05) is 0 Å². The summed E-state index contributed by atoms with van der Waals surface area (Å²) in [6.07, 6.45) is 2.69. The second-order valence-electron chi connectivity index (χ2n) is 4.31. The molecule has 1 heterocycles. The predicted molar refractivity (Wildman–Crippen MR) is 68.9 cm³/mol. The van der Waals surface area contributed by atoms with Gasteiger partial charge in [-0.3, -0.25) is 0 Å². The Morgan fingerprint density at radius 2 is 2.12 bits per heavy atom. The van der Waals surface area contributed by atoms with E-state index in [0.29, 0.717) is 5.82 Å². The first-order valence-electron chi connectivity index (χ1n) is 5.99. The molecule has 2 rings (SSSR count). The number of aromatic nitrogens is 1. The summed E-state index contributed by atoms with van der Waals surface area (Å²) in [4.78, 5) is 0. The molecule has 17 heavy (non-hydrogen) atoms. The van der Waals surface area contributed by atoms with Gasteiger partial charge >= 0.3 is 0 Å².